The van der Waals surface area contributed by atoms with Crippen LogP contribution in [-0.2, 0) is 0 Å². The Hall–Kier alpha value is -3.80. The van der Waals surface area contributed by atoms with Crippen molar-refractivity contribution in [3.05, 3.63) is 105 Å². The highest BCUT2D eigenvalue weighted by Gasteiger charge is 2.44. The number of anilines is 1. The molecule has 0 saturated carbocycles. The van der Waals surface area contributed by atoms with Gasteiger partial charge < -0.3 is 4.42 Å². The molecule has 6 heteroatoms. The van der Waals surface area contributed by atoms with Gasteiger partial charge in [-0.3, -0.25) is 14.5 Å². The van der Waals surface area contributed by atoms with Gasteiger partial charge in [-0.05, 0) is 48.9 Å². The van der Waals surface area contributed by atoms with Crippen molar-refractivity contribution in [2.45, 2.75) is 13.0 Å². The molecule has 5 nitrogen and oxygen atoms in total. The number of hydrogen-bond donors (Lipinski definition) is 0. The number of hydrogen-bond acceptors (Lipinski definition) is 4. The number of carbonyl (C=O) groups excluding carboxylic acids is 1. The molecule has 1 aliphatic rings. The maximum Gasteiger partial charge on any atom is 0.296 e. The van der Waals surface area contributed by atoms with Crippen molar-refractivity contribution in [3.8, 4) is 0 Å². The van der Waals surface area contributed by atoms with Crippen LogP contribution in [0.5, 0.6) is 0 Å². The van der Waals surface area contributed by atoms with E-state index in [2.05, 4.69) is 4.98 Å². The van der Waals surface area contributed by atoms with Crippen molar-refractivity contribution in [1.82, 2.24) is 4.98 Å². The van der Waals surface area contributed by atoms with Gasteiger partial charge in [0, 0.05) is 5.69 Å². The van der Waals surface area contributed by atoms with Gasteiger partial charge in [-0.1, -0.05) is 30.3 Å². The van der Waals surface area contributed by atoms with Crippen LogP contribution in [0.3, 0.4) is 0 Å². The zero-order valence-electron chi connectivity index (χ0n) is 15.4. The minimum Gasteiger partial charge on any atom is -0.450 e. The van der Waals surface area contributed by atoms with Gasteiger partial charge in [0.2, 0.25) is 5.76 Å². The maximum atomic E-state index is 13.5. The lowest BCUT2D eigenvalue weighted by atomic mass is 9.98. The summed E-state index contributed by atoms with van der Waals surface area (Å²) in [5.74, 6) is -0.454. The summed E-state index contributed by atoms with van der Waals surface area (Å²) in [4.78, 5) is 32.6. The highest BCUT2D eigenvalue weighted by molar-refractivity contribution is 6.10. The molecular weight excluding hydrogens is 371 g/mol. The number of aryl methyl sites for hydroxylation is 1. The molecule has 5 rings (SSSR count). The van der Waals surface area contributed by atoms with Crippen LogP contribution < -0.4 is 10.3 Å². The fourth-order valence-electron chi connectivity index (χ4n) is 3.78. The number of nitrogens with zero attached hydrogens (tertiary/aromatic N) is 2. The normalized spacial score (nSPS) is 15.7. The van der Waals surface area contributed by atoms with Crippen LogP contribution in [0.25, 0.3) is 11.0 Å². The summed E-state index contributed by atoms with van der Waals surface area (Å²) >= 11 is 0. The Morgan fingerprint density at radius 3 is 2.48 bits per heavy atom. The summed E-state index contributed by atoms with van der Waals surface area (Å²) in [6, 6.07) is 17.1. The van der Waals surface area contributed by atoms with Gasteiger partial charge in [0.15, 0.2) is 5.43 Å². The van der Waals surface area contributed by atoms with E-state index in [4.69, 9.17) is 4.42 Å². The first kappa shape index (κ1) is 17.3. The van der Waals surface area contributed by atoms with Crippen LogP contribution in [0.1, 0.15) is 33.4 Å². The van der Waals surface area contributed by atoms with E-state index in [1.807, 2.05) is 13.0 Å². The van der Waals surface area contributed by atoms with E-state index < -0.39 is 17.8 Å². The first-order chi connectivity index (χ1) is 14.0. The monoisotopic (exact) mass is 386 g/mol. The molecule has 2 aromatic carbocycles. The molecule has 1 atom stereocenters. The molecule has 0 N–H and O–H groups in total. The maximum absolute atomic E-state index is 13.5. The molecule has 142 valence electrons. The molecule has 1 amide bonds. The number of pyridine rings is 1. The highest BCUT2D eigenvalue weighted by Crippen LogP contribution is 2.40. The largest absolute Gasteiger partial charge is 0.450 e. The zero-order chi connectivity index (χ0) is 20.1. The van der Waals surface area contributed by atoms with Gasteiger partial charge in [0.05, 0.1) is 17.0 Å². The topological polar surface area (TPSA) is 63.4 Å². The Morgan fingerprint density at radius 2 is 1.72 bits per heavy atom. The standard InChI is InChI=1S/C23H15FN2O3/c1-13-5-4-8-18(25-13)26-20(14-9-11-15(24)12-10-14)19-21(27)16-6-2-3-7-17(16)29-22(19)23(26)28/h2-12,20H,1H3. The van der Waals surface area contributed by atoms with Crippen molar-refractivity contribution in [1.29, 1.82) is 0 Å². The molecule has 0 saturated heterocycles. The summed E-state index contributed by atoms with van der Waals surface area (Å²) in [5, 5.41) is 0.394. The molecule has 0 bridgehead atoms. The lowest BCUT2D eigenvalue weighted by Crippen LogP contribution is -2.30. The smallest absolute Gasteiger partial charge is 0.296 e. The summed E-state index contributed by atoms with van der Waals surface area (Å²) in [6.07, 6.45) is 0. The number of halogens is 1. The van der Waals surface area contributed by atoms with Crippen molar-refractivity contribution in [2.75, 3.05) is 4.90 Å². The highest BCUT2D eigenvalue weighted by atomic mass is 19.1. The van der Waals surface area contributed by atoms with Gasteiger partial charge in [0.1, 0.15) is 17.2 Å². The van der Waals surface area contributed by atoms with Gasteiger partial charge >= 0.3 is 0 Å². The molecule has 0 radical (unpaired) electrons. The number of fused-ring (bicyclic) bond motifs is 2. The predicted molar refractivity (Wildman–Crippen MR) is 107 cm³/mol. The van der Waals surface area contributed by atoms with E-state index in [0.29, 0.717) is 22.4 Å². The number of rotatable bonds is 2. The van der Waals surface area contributed by atoms with E-state index in [1.165, 1.54) is 17.0 Å². The Balaban J connectivity index is 1.82. The van der Waals surface area contributed by atoms with Crippen LogP contribution in [0.4, 0.5) is 10.2 Å². The molecule has 1 unspecified atom stereocenters. The molecule has 0 aliphatic carbocycles. The average molecular weight is 386 g/mol. The first-order valence-corrected chi connectivity index (χ1v) is 9.13. The minimum absolute atomic E-state index is 0.00803. The first-order valence-electron chi connectivity index (χ1n) is 9.13. The molecule has 0 spiro atoms. The molecule has 1 aliphatic heterocycles. The minimum atomic E-state index is -0.756. The van der Waals surface area contributed by atoms with Gasteiger partial charge in [-0.25, -0.2) is 9.37 Å². The fraction of sp³-hybridized carbons (Fsp3) is 0.0870. The van der Waals surface area contributed by atoms with E-state index in [-0.39, 0.29) is 16.8 Å². The number of para-hydroxylation sites is 1. The summed E-state index contributed by atoms with van der Waals surface area (Å²) in [5.41, 5.74) is 1.64. The SMILES string of the molecule is Cc1cccc(N2C(=O)c3oc4ccccc4c(=O)c3C2c2ccc(F)cc2)n1. The van der Waals surface area contributed by atoms with Gasteiger partial charge in [-0.15, -0.1) is 0 Å². The van der Waals surface area contributed by atoms with Crippen molar-refractivity contribution < 1.29 is 13.6 Å². The third kappa shape index (κ3) is 2.64. The summed E-state index contributed by atoms with van der Waals surface area (Å²) in [7, 11) is 0. The summed E-state index contributed by atoms with van der Waals surface area (Å²) < 4.78 is 19.4. The molecule has 2 aromatic heterocycles. The number of aromatic nitrogens is 1. The lowest BCUT2D eigenvalue weighted by Gasteiger charge is -2.24. The number of benzene rings is 2. The average Bonchev–Trinajstić information content (AvgIpc) is 3.02. The van der Waals surface area contributed by atoms with E-state index in [9.17, 15) is 14.0 Å². The van der Waals surface area contributed by atoms with Crippen LogP contribution in [0.2, 0.25) is 0 Å². The van der Waals surface area contributed by atoms with E-state index in [1.54, 1.807) is 48.5 Å². The Morgan fingerprint density at radius 1 is 0.966 bits per heavy atom. The number of carbonyl (C=O) groups is 1. The zero-order valence-corrected chi connectivity index (χ0v) is 15.4. The Bertz CT molecular complexity index is 1330. The molecular formula is C23H15FN2O3. The van der Waals surface area contributed by atoms with Crippen LogP contribution in [-0.4, -0.2) is 10.9 Å². The summed E-state index contributed by atoms with van der Waals surface area (Å²) in [6.45, 7) is 1.82. The van der Waals surface area contributed by atoms with Crippen LogP contribution in [0, 0.1) is 12.7 Å². The molecule has 4 aromatic rings. The van der Waals surface area contributed by atoms with E-state index >= 15 is 0 Å². The third-order valence-corrected chi connectivity index (χ3v) is 5.08. The second-order valence-corrected chi connectivity index (χ2v) is 6.94. The fourth-order valence-corrected chi connectivity index (χ4v) is 3.78. The second kappa shape index (κ2) is 6.38. The van der Waals surface area contributed by atoms with Crippen LogP contribution in [0.15, 0.2) is 75.9 Å². The van der Waals surface area contributed by atoms with Crippen molar-refractivity contribution in [2.24, 2.45) is 0 Å². The van der Waals surface area contributed by atoms with Gasteiger partial charge in [0.25, 0.3) is 5.91 Å². The second-order valence-electron chi connectivity index (χ2n) is 6.94. The van der Waals surface area contributed by atoms with E-state index in [0.717, 1.165) is 5.69 Å². The molecule has 29 heavy (non-hydrogen) atoms. The van der Waals surface area contributed by atoms with Crippen LogP contribution >= 0.6 is 0 Å². The quantitative estimate of drug-likeness (QED) is 0.513. The van der Waals surface area contributed by atoms with Crippen molar-refractivity contribution >= 4 is 22.7 Å². The van der Waals surface area contributed by atoms with Gasteiger partial charge in [-0.2, -0.15) is 0 Å². The predicted octanol–water partition coefficient (Wildman–Crippen LogP) is 4.39. The Kier molecular flexibility index (Phi) is 3.81. The lowest BCUT2D eigenvalue weighted by molar-refractivity contribution is 0.0970. The number of amides is 1. The van der Waals surface area contributed by atoms with Crippen molar-refractivity contribution in [3.63, 3.8) is 0 Å². The Labute approximate surface area is 165 Å². The molecule has 0 fully saturated rings. The third-order valence-electron chi connectivity index (χ3n) is 5.08. The molecule has 3 heterocycles.